The van der Waals surface area contributed by atoms with Gasteiger partial charge >= 0.3 is 0 Å². The van der Waals surface area contributed by atoms with Gasteiger partial charge in [-0.05, 0) is 6.92 Å². The van der Waals surface area contributed by atoms with Gasteiger partial charge in [0, 0.05) is 12.1 Å². The molecule has 1 aromatic rings. The predicted octanol–water partition coefficient (Wildman–Crippen LogP) is -0.105. The van der Waals surface area contributed by atoms with Crippen molar-refractivity contribution >= 4 is 11.8 Å². The smallest absolute Gasteiger partial charge is 0.233 e. The van der Waals surface area contributed by atoms with Crippen LogP contribution in [0.1, 0.15) is 5.69 Å². The largest absolute Gasteiger partial charge is 0.379 e. The average Bonchev–Trinajstić information content (AvgIpc) is 2.75. The molecule has 0 spiro atoms. The second-order valence-corrected chi connectivity index (χ2v) is 3.63. The van der Waals surface area contributed by atoms with Crippen LogP contribution >= 0.6 is 0 Å². The molecule has 0 radical (unpaired) electrons. The van der Waals surface area contributed by atoms with Crippen LogP contribution in [0.3, 0.4) is 0 Å². The van der Waals surface area contributed by atoms with Crippen molar-refractivity contribution < 1.29 is 14.1 Å². The molecule has 1 aliphatic rings. The molecular formula is C9H13N3O3. The van der Waals surface area contributed by atoms with Gasteiger partial charge in [0.15, 0.2) is 0 Å². The minimum atomic E-state index is -0.310. The lowest BCUT2D eigenvalue weighted by atomic mass is 10.0. The zero-order valence-electron chi connectivity index (χ0n) is 8.40. The van der Waals surface area contributed by atoms with E-state index in [1.165, 1.54) is 0 Å². The van der Waals surface area contributed by atoms with E-state index in [9.17, 15) is 4.79 Å². The Labute approximate surface area is 86.7 Å². The van der Waals surface area contributed by atoms with Crippen LogP contribution in [-0.4, -0.2) is 30.3 Å². The number of rotatable bonds is 2. The molecule has 1 aromatic heterocycles. The molecule has 1 amide bonds. The minimum absolute atomic E-state index is 0.184. The highest BCUT2D eigenvalue weighted by Gasteiger charge is 2.31. The number of nitrogens with zero attached hydrogens (tertiary/aromatic N) is 1. The standard InChI is InChI=1S/C9H13N3O3/c1-5-2-8(15-12-5)11-9(13)6-3-14-4-7(6)10/h2,6-7H,3-4,10H2,1H3,(H,11,13). The van der Waals surface area contributed by atoms with Crippen LogP contribution < -0.4 is 11.1 Å². The Morgan fingerprint density at radius 1 is 1.67 bits per heavy atom. The second-order valence-electron chi connectivity index (χ2n) is 3.63. The van der Waals surface area contributed by atoms with E-state index in [1.807, 2.05) is 0 Å². The van der Waals surface area contributed by atoms with Crippen molar-refractivity contribution in [2.45, 2.75) is 13.0 Å². The monoisotopic (exact) mass is 211 g/mol. The summed E-state index contributed by atoms with van der Waals surface area (Å²) in [6.07, 6.45) is 0. The van der Waals surface area contributed by atoms with Crippen molar-refractivity contribution in [3.8, 4) is 0 Å². The Morgan fingerprint density at radius 2 is 2.47 bits per heavy atom. The first kappa shape index (κ1) is 10.1. The number of nitrogens with two attached hydrogens (primary N) is 1. The maximum atomic E-state index is 11.7. The SMILES string of the molecule is Cc1cc(NC(=O)C2COCC2N)on1. The Bertz CT molecular complexity index is 363. The quantitative estimate of drug-likeness (QED) is 0.712. The van der Waals surface area contributed by atoms with E-state index in [0.717, 1.165) is 5.69 Å². The van der Waals surface area contributed by atoms with Crippen LogP contribution in [0.15, 0.2) is 10.6 Å². The zero-order valence-corrected chi connectivity index (χ0v) is 8.40. The van der Waals surface area contributed by atoms with Gasteiger partial charge in [0.2, 0.25) is 11.8 Å². The summed E-state index contributed by atoms with van der Waals surface area (Å²) in [4.78, 5) is 11.7. The maximum Gasteiger partial charge on any atom is 0.233 e. The minimum Gasteiger partial charge on any atom is -0.379 e. The van der Waals surface area contributed by atoms with Crippen molar-refractivity contribution in [3.05, 3.63) is 11.8 Å². The van der Waals surface area contributed by atoms with Gasteiger partial charge in [-0.1, -0.05) is 5.16 Å². The number of carbonyl (C=O) groups is 1. The summed E-state index contributed by atoms with van der Waals surface area (Å²) >= 11 is 0. The van der Waals surface area contributed by atoms with E-state index in [-0.39, 0.29) is 17.9 Å². The molecule has 1 fully saturated rings. The molecule has 6 heteroatoms. The van der Waals surface area contributed by atoms with E-state index in [1.54, 1.807) is 13.0 Å². The highest BCUT2D eigenvalue weighted by atomic mass is 16.5. The van der Waals surface area contributed by atoms with Gasteiger partial charge in [-0.15, -0.1) is 0 Å². The van der Waals surface area contributed by atoms with Crippen molar-refractivity contribution in [1.29, 1.82) is 0 Å². The summed E-state index contributed by atoms with van der Waals surface area (Å²) in [7, 11) is 0. The van der Waals surface area contributed by atoms with Crippen molar-refractivity contribution in [1.82, 2.24) is 5.16 Å². The topological polar surface area (TPSA) is 90.4 Å². The summed E-state index contributed by atoms with van der Waals surface area (Å²) in [5.41, 5.74) is 6.43. The lowest BCUT2D eigenvalue weighted by molar-refractivity contribution is -0.120. The van der Waals surface area contributed by atoms with E-state index < -0.39 is 0 Å². The fraction of sp³-hybridized carbons (Fsp3) is 0.556. The van der Waals surface area contributed by atoms with Gasteiger partial charge in [-0.25, -0.2) is 0 Å². The van der Waals surface area contributed by atoms with E-state index >= 15 is 0 Å². The fourth-order valence-electron chi connectivity index (χ4n) is 1.48. The molecule has 6 nitrogen and oxygen atoms in total. The number of ether oxygens (including phenoxy) is 1. The zero-order chi connectivity index (χ0) is 10.8. The lowest BCUT2D eigenvalue weighted by Crippen LogP contribution is -2.37. The molecule has 2 heterocycles. The fourth-order valence-corrected chi connectivity index (χ4v) is 1.48. The molecule has 1 aliphatic heterocycles. The van der Waals surface area contributed by atoms with E-state index in [2.05, 4.69) is 10.5 Å². The third-order valence-electron chi connectivity index (χ3n) is 2.34. The van der Waals surface area contributed by atoms with Crippen LogP contribution in [0, 0.1) is 12.8 Å². The van der Waals surface area contributed by atoms with Crippen LogP contribution in [-0.2, 0) is 9.53 Å². The van der Waals surface area contributed by atoms with Crippen LogP contribution in [0.2, 0.25) is 0 Å². The van der Waals surface area contributed by atoms with Crippen molar-refractivity contribution in [2.24, 2.45) is 11.7 Å². The van der Waals surface area contributed by atoms with Crippen molar-refractivity contribution in [3.63, 3.8) is 0 Å². The van der Waals surface area contributed by atoms with Crippen LogP contribution in [0.25, 0.3) is 0 Å². The van der Waals surface area contributed by atoms with Gasteiger partial charge in [0.25, 0.3) is 0 Å². The van der Waals surface area contributed by atoms with Gasteiger partial charge in [0.1, 0.15) is 0 Å². The summed E-state index contributed by atoms with van der Waals surface area (Å²) in [5.74, 6) is -0.150. The number of carbonyl (C=O) groups excluding carboxylic acids is 1. The molecule has 1 saturated heterocycles. The number of anilines is 1. The first-order valence-electron chi connectivity index (χ1n) is 4.74. The maximum absolute atomic E-state index is 11.7. The van der Waals surface area contributed by atoms with Gasteiger partial charge in [-0.3, -0.25) is 10.1 Å². The summed E-state index contributed by atoms with van der Waals surface area (Å²) < 4.78 is 9.97. The Balaban J connectivity index is 1.97. The molecule has 82 valence electrons. The first-order valence-corrected chi connectivity index (χ1v) is 4.74. The molecular weight excluding hydrogens is 198 g/mol. The summed E-state index contributed by atoms with van der Waals surface area (Å²) in [6, 6.07) is 1.41. The van der Waals surface area contributed by atoms with Gasteiger partial charge in [-0.2, -0.15) is 0 Å². The van der Waals surface area contributed by atoms with Gasteiger partial charge < -0.3 is 15.0 Å². The highest BCUT2D eigenvalue weighted by molar-refractivity contribution is 5.92. The molecule has 2 unspecified atom stereocenters. The average molecular weight is 211 g/mol. The molecule has 3 N–H and O–H groups in total. The molecule has 0 aromatic carbocycles. The van der Waals surface area contributed by atoms with E-state index in [4.69, 9.17) is 15.0 Å². The third-order valence-corrected chi connectivity index (χ3v) is 2.34. The third kappa shape index (κ3) is 2.16. The number of hydrogen-bond donors (Lipinski definition) is 2. The van der Waals surface area contributed by atoms with Crippen molar-refractivity contribution in [2.75, 3.05) is 18.5 Å². The Hall–Kier alpha value is -1.40. The van der Waals surface area contributed by atoms with Crippen LogP contribution in [0.4, 0.5) is 5.88 Å². The molecule has 0 aliphatic carbocycles. The Kier molecular flexibility index (Phi) is 2.70. The molecule has 15 heavy (non-hydrogen) atoms. The van der Waals surface area contributed by atoms with Crippen LogP contribution in [0.5, 0.6) is 0 Å². The number of aryl methyl sites for hydroxylation is 1. The molecule has 2 atom stereocenters. The number of aromatic nitrogens is 1. The second kappa shape index (κ2) is 4.00. The summed E-state index contributed by atoms with van der Waals surface area (Å²) in [6.45, 7) is 2.57. The summed E-state index contributed by atoms with van der Waals surface area (Å²) in [5, 5.41) is 6.27. The number of amides is 1. The number of hydrogen-bond acceptors (Lipinski definition) is 5. The first-order chi connectivity index (χ1) is 7.16. The molecule has 2 rings (SSSR count). The van der Waals surface area contributed by atoms with Gasteiger partial charge in [0.05, 0.1) is 24.8 Å². The normalized spacial score (nSPS) is 25.5. The lowest BCUT2D eigenvalue weighted by Gasteiger charge is -2.10. The highest BCUT2D eigenvalue weighted by Crippen LogP contribution is 2.15. The Morgan fingerprint density at radius 3 is 3.00 bits per heavy atom. The molecule has 0 saturated carbocycles. The molecule has 0 bridgehead atoms. The van der Waals surface area contributed by atoms with E-state index in [0.29, 0.717) is 19.1 Å². The predicted molar refractivity (Wildman–Crippen MR) is 52.2 cm³/mol. The number of nitrogens with one attached hydrogen (secondary N) is 1.